The Morgan fingerprint density at radius 1 is 1.25 bits per heavy atom. The van der Waals surface area contributed by atoms with Crippen molar-refractivity contribution in [1.82, 2.24) is 19.4 Å². The van der Waals surface area contributed by atoms with Gasteiger partial charge in [-0.25, -0.2) is 15.0 Å². The van der Waals surface area contributed by atoms with E-state index in [1.807, 2.05) is 16.0 Å². The Bertz CT molecular complexity index is 660. The summed E-state index contributed by atoms with van der Waals surface area (Å²) in [6.07, 6.45) is 3.48. The lowest BCUT2D eigenvalue weighted by Crippen LogP contribution is -1.90. The van der Waals surface area contributed by atoms with Crippen LogP contribution in [0.2, 0.25) is 10.4 Å². The van der Waals surface area contributed by atoms with Crippen LogP contribution in [0, 0.1) is 0 Å². The van der Waals surface area contributed by atoms with E-state index in [1.54, 1.807) is 12.3 Å². The molecule has 0 fully saturated rings. The molecule has 3 rings (SSSR count). The second-order valence-corrected chi connectivity index (χ2v) is 4.59. The highest BCUT2D eigenvalue weighted by molar-refractivity contribution is 7.15. The molecular formula is C9H4Cl2N4S. The Hall–Kier alpha value is -1.17. The van der Waals surface area contributed by atoms with Gasteiger partial charge in [0.15, 0.2) is 10.1 Å². The van der Waals surface area contributed by atoms with E-state index < -0.39 is 0 Å². The monoisotopic (exact) mass is 270 g/mol. The van der Waals surface area contributed by atoms with Crippen molar-refractivity contribution in [2.24, 2.45) is 0 Å². The molecule has 0 aliphatic heterocycles. The van der Waals surface area contributed by atoms with Crippen LogP contribution in [0.4, 0.5) is 0 Å². The number of halogens is 2. The minimum Gasteiger partial charge on any atom is -0.287 e. The van der Waals surface area contributed by atoms with Crippen LogP contribution in [0.15, 0.2) is 23.8 Å². The summed E-state index contributed by atoms with van der Waals surface area (Å²) in [6, 6.07) is 1.75. The number of thiazole rings is 1. The summed E-state index contributed by atoms with van der Waals surface area (Å²) in [6.45, 7) is 0. The van der Waals surface area contributed by atoms with Gasteiger partial charge < -0.3 is 0 Å². The van der Waals surface area contributed by atoms with Crippen LogP contribution >= 0.6 is 34.5 Å². The van der Waals surface area contributed by atoms with Crippen molar-refractivity contribution >= 4 is 39.5 Å². The van der Waals surface area contributed by atoms with Crippen LogP contribution in [0.25, 0.3) is 16.3 Å². The number of hydrogen-bond donors (Lipinski definition) is 0. The maximum atomic E-state index is 6.07. The summed E-state index contributed by atoms with van der Waals surface area (Å²) in [5.41, 5.74) is 1.40. The normalized spacial score (nSPS) is 11.1. The zero-order valence-corrected chi connectivity index (χ0v) is 10.1. The maximum absolute atomic E-state index is 6.07. The smallest absolute Gasteiger partial charge is 0.222 e. The third kappa shape index (κ3) is 1.48. The predicted octanol–water partition coefficient (Wildman–Crippen LogP) is 3.16. The third-order valence-corrected chi connectivity index (χ3v) is 3.29. The van der Waals surface area contributed by atoms with E-state index in [2.05, 4.69) is 15.0 Å². The molecule has 0 saturated heterocycles. The van der Waals surface area contributed by atoms with Crippen LogP contribution in [-0.2, 0) is 0 Å². The average molecular weight is 271 g/mol. The second kappa shape index (κ2) is 3.69. The topological polar surface area (TPSA) is 43.1 Å². The number of nitrogens with zero attached hydrogens (tertiary/aromatic N) is 4. The molecule has 80 valence electrons. The molecule has 3 aromatic heterocycles. The van der Waals surface area contributed by atoms with Gasteiger partial charge in [-0.15, -0.1) is 11.3 Å². The molecule has 0 aromatic carbocycles. The maximum Gasteiger partial charge on any atom is 0.222 e. The first-order valence-corrected chi connectivity index (χ1v) is 5.99. The first kappa shape index (κ1) is 10.0. The average Bonchev–Trinajstić information content (AvgIpc) is 2.76. The Labute approximate surface area is 105 Å². The van der Waals surface area contributed by atoms with Gasteiger partial charge in [0.25, 0.3) is 0 Å². The quantitative estimate of drug-likeness (QED) is 0.638. The van der Waals surface area contributed by atoms with Crippen molar-refractivity contribution in [3.63, 3.8) is 0 Å². The van der Waals surface area contributed by atoms with Gasteiger partial charge in [-0.1, -0.05) is 11.6 Å². The van der Waals surface area contributed by atoms with Crippen LogP contribution in [-0.4, -0.2) is 19.4 Å². The van der Waals surface area contributed by atoms with Gasteiger partial charge >= 0.3 is 0 Å². The summed E-state index contributed by atoms with van der Waals surface area (Å²) < 4.78 is 1.88. The molecule has 0 amide bonds. The van der Waals surface area contributed by atoms with Gasteiger partial charge in [-0.05, 0) is 17.7 Å². The van der Waals surface area contributed by atoms with Crippen molar-refractivity contribution in [2.45, 2.75) is 0 Å². The largest absolute Gasteiger partial charge is 0.287 e. The van der Waals surface area contributed by atoms with Crippen LogP contribution < -0.4 is 0 Å². The minimum atomic E-state index is 0.193. The molecule has 16 heavy (non-hydrogen) atoms. The van der Waals surface area contributed by atoms with Crippen molar-refractivity contribution in [2.75, 3.05) is 0 Å². The first-order chi connectivity index (χ1) is 7.75. The summed E-state index contributed by atoms with van der Waals surface area (Å²) in [5.74, 6) is 0. The molecule has 0 spiro atoms. The van der Waals surface area contributed by atoms with Gasteiger partial charge in [0.05, 0.1) is 5.69 Å². The molecule has 3 aromatic rings. The Morgan fingerprint density at radius 2 is 2.12 bits per heavy atom. The van der Waals surface area contributed by atoms with E-state index in [9.17, 15) is 0 Å². The summed E-state index contributed by atoms with van der Waals surface area (Å²) in [7, 11) is 0. The van der Waals surface area contributed by atoms with Crippen molar-refractivity contribution < 1.29 is 0 Å². The van der Waals surface area contributed by atoms with Gasteiger partial charge in [0.1, 0.15) is 5.69 Å². The van der Waals surface area contributed by atoms with E-state index >= 15 is 0 Å². The fraction of sp³-hybridized carbons (Fsp3) is 0. The molecular weight excluding hydrogens is 267 g/mol. The van der Waals surface area contributed by atoms with Crippen molar-refractivity contribution in [3.05, 3.63) is 34.3 Å². The van der Waals surface area contributed by atoms with E-state index in [4.69, 9.17) is 23.2 Å². The lowest BCUT2D eigenvalue weighted by Gasteiger charge is -1.99. The highest BCUT2D eigenvalue weighted by Gasteiger charge is 2.14. The molecule has 0 bridgehead atoms. The second-order valence-electron chi connectivity index (χ2n) is 3.02. The molecule has 0 unspecified atom stereocenters. The molecule has 0 atom stereocenters. The molecule has 0 aliphatic rings. The van der Waals surface area contributed by atoms with Crippen molar-refractivity contribution in [3.8, 4) is 11.4 Å². The van der Waals surface area contributed by atoms with Crippen molar-refractivity contribution in [1.29, 1.82) is 0 Å². The summed E-state index contributed by atoms with van der Waals surface area (Å²) in [5, 5.41) is 2.55. The Morgan fingerprint density at radius 3 is 2.94 bits per heavy atom. The fourth-order valence-electron chi connectivity index (χ4n) is 1.46. The minimum absolute atomic E-state index is 0.193. The van der Waals surface area contributed by atoms with Crippen LogP contribution in [0.1, 0.15) is 0 Å². The van der Waals surface area contributed by atoms with E-state index in [-0.39, 0.29) is 5.28 Å². The van der Waals surface area contributed by atoms with Gasteiger partial charge in [-0.3, -0.25) is 4.40 Å². The fourth-order valence-corrected chi connectivity index (χ4v) is 2.63. The molecule has 0 aliphatic carbocycles. The van der Waals surface area contributed by atoms with Gasteiger partial charge in [0.2, 0.25) is 5.28 Å². The number of aromatic nitrogens is 4. The molecule has 0 radical (unpaired) electrons. The lowest BCUT2D eigenvalue weighted by atomic mass is 10.3. The molecule has 0 N–H and O–H groups in total. The van der Waals surface area contributed by atoms with Gasteiger partial charge in [0, 0.05) is 17.8 Å². The highest BCUT2D eigenvalue weighted by Crippen LogP contribution is 2.29. The molecule has 3 heterocycles. The zero-order chi connectivity index (χ0) is 11.1. The summed E-state index contributed by atoms with van der Waals surface area (Å²) >= 11 is 13.3. The van der Waals surface area contributed by atoms with Crippen LogP contribution in [0.5, 0.6) is 0 Å². The van der Waals surface area contributed by atoms with E-state index in [0.29, 0.717) is 10.8 Å². The van der Waals surface area contributed by atoms with E-state index in [1.165, 1.54) is 11.3 Å². The number of rotatable bonds is 1. The first-order valence-electron chi connectivity index (χ1n) is 4.35. The highest BCUT2D eigenvalue weighted by atomic mass is 35.5. The number of hydrogen-bond acceptors (Lipinski definition) is 4. The molecule has 7 heteroatoms. The molecule has 0 saturated carbocycles. The predicted molar refractivity (Wildman–Crippen MR) is 64.1 cm³/mol. The lowest BCUT2D eigenvalue weighted by molar-refractivity contribution is 1.14. The molecule has 4 nitrogen and oxygen atoms in total. The standard InChI is InChI=1S/C9H4Cl2N4S/c10-7-6(5-1-2-12-8(11)13-5)15-3-4-16-9(15)14-7/h1-4H. The van der Waals surface area contributed by atoms with Crippen LogP contribution in [0.3, 0.4) is 0 Å². The Balaban J connectivity index is 2.32. The van der Waals surface area contributed by atoms with Gasteiger partial charge in [-0.2, -0.15) is 0 Å². The third-order valence-electron chi connectivity index (χ3n) is 2.09. The SMILES string of the molecule is Clc1nccc(-c2c(Cl)nc3sccn23)n1. The number of fused-ring (bicyclic) bond motifs is 1. The zero-order valence-electron chi connectivity index (χ0n) is 7.76. The van der Waals surface area contributed by atoms with E-state index in [0.717, 1.165) is 10.7 Å². The summed E-state index contributed by atoms with van der Waals surface area (Å²) in [4.78, 5) is 13.0. The number of imidazole rings is 1. The Kier molecular flexibility index (Phi) is 2.31.